The summed E-state index contributed by atoms with van der Waals surface area (Å²) in [6.07, 6.45) is 8.74. The van der Waals surface area contributed by atoms with Gasteiger partial charge in [-0.2, -0.15) is 0 Å². The number of anilines is 1. The Morgan fingerprint density at radius 3 is 2.89 bits per heavy atom. The third-order valence-electron chi connectivity index (χ3n) is 4.34. The number of nitrogens with one attached hydrogen (secondary N) is 1. The van der Waals surface area contributed by atoms with Crippen LogP contribution in [0.25, 0.3) is 16.7 Å². The first-order valence-corrected chi connectivity index (χ1v) is 8.58. The van der Waals surface area contributed by atoms with Gasteiger partial charge < -0.3 is 14.6 Å². The minimum absolute atomic E-state index is 0.183. The topological polar surface area (TPSA) is 74.0 Å². The summed E-state index contributed by atoms with van der Waals surface area (Å²) in [4.78, 5) is 20.9. The molecule has 0 bridgehead atoms. The van der Waals surface area contributed by atoms with Crippen LogP contribution in [-0.4, -0.2) is 38.7 Å². The Balaban J connectivity index is 1.53. The number of carbonyl (C=O) groups is 1. The van der Waals surface area contributed by atoms with Gasteiger partial charge in [0.1, 0.15) is 12.1 Å². The highest BCUT2D eigenvalue weighted by Gasteiger charge is 2.09. The first-order chi connectivity index (χ1) is 13.2. The predicted molar refractivity (Wildman–Crippen MR) is 103 cm³/mol. The second-order valence-electron chi connectivity index (χ2n) is 6.10. The molecule has 1 N–H and O–H groups in total. The molecule has 0 fully saturated rings. The molecule has 0 unspecified atom stereocenters. The highest BCUT2D eigenvalue weighted by Crippen LogP contribution is 2.21. The number of pyridine rings is 1. The molecule has 0 aliphatic carbocycles. The van der Waals surface area contributed by atoms with Crippen LogP contribution in [0.3, 0.4) is 0 Å². The van der Waals surface area contributed by atoms with Gasteiger partial charge in [-0.05, 0) is 36.4 Å². The number of rotatable bonds is 6. The molecule has 0 atom stereocenters. The van der Waals surface area contributed by atoms with Crippen LogP contribution >= 0.6 is 0 Å². The predicted octanol–water partition coefficient (Wildman–Crippen LogP) is 3.12. The smallest absolute Gasteiger partial charge is 0.255 e. The quantitative estimate of drug-likeness (QED) is 0.573. The van der Waals surface area contributed by atoms with Gasteiger partial charge in [0.15, 0.2) is 0 Å². The van der Waals surface area contributed by atoms with Crippen LogP contribution in [0.1, 0.15) is 10.4 Å². The van der Waals surface area contributed by atoms with Crippen LogP contribution in [0.5, 0.6) is 0 Å². The van der Waals surface area contributed by atoms with E-state index < -0.39 is 0 Å². The van der Waals surface area contributed by atoms with Gasteiger partial charge in [0.05, 0.1) is 6.61 Å². The Bertz CT molecular complexity index is 1070. The summed E-state index contributed by atoms with van der Waals surface area (Å²) in [5.74, 6) is 0.461. The zero-order chi connectivity index (χ0) is 18.6. The number of ether oxygens (including phenoxy) is 1. The number of imidazole rings is 1. The summed E-state index contributed by atoms with van der Waals surface area (Å²) >= 11 is 0. The highest BCUT2D eigenvalue weighted by molar-refractivity contribution is 6.05. The van der Waals surface area contributed by atoms with Gasteiger partial charge in [0, 0.05) is 60.6 Å². The molecule has 0 saturated heterocycles. The second kappa shape index (κ2) is 7.43. The molecule has 27 heavy (non-hydrogen) atoms. The lowest BCUT2D eigenvalue weighted by Crippen LogP contribution is -2.12. The van der Waals surface area contributed by atoms with Crippen LogP contribution < -0.4 is 5.32 Å². The number of carbonyl (C=O) groups excluding carboxylic acids is 1. The molecule has 7 heteroatoms. The standard InChI is InChI=1S/C20H19N5O2/c1-27-11-10-24-8-5-15-12-17(2-3-18(15)24)23-20(26)16-4-6-22-19(13-16)25-9-7-21-14-25/h2-9,12-14H,10-11H2,1H3,(H,23,26). The van der Waals surface area contributed by atoms with E-state index in [9.17, 15) is 4.79 Å². The largest absolute Gasteiger partial charge is 0.383 e. The van der Waals surface area contributed by atoms with Crippen molar-refractivity contribution in [3.63, 3.8) is 0 Å². The average Bonchev–Trinajstić information content (AvgIpc) is 3.36. The summed E-state index contributed by atoms with van der Waals surface area (Å²) in [6, 6.07) is 11.3. The van der Waals surface area contributed by atoms with E-state index in [4.69, 9.17) is 4.74 Å². The van der Waals surface area contributed by atoms with Gasteiger partial charge in [0.25, 0.3) is 5.91 Å². The van der Waals surface area contributed by atoms with E-state index >= 15 is 0 Å². The molecule has 0 aliphatic rings. The van der Waals surface area contributed by atoms with Crippen LogP contribution in [0.4, 0.5) is 5.69 Å². The molecule has 0 saturated carbocycles. The fraction of sp³-hybridized carbons (Fsp3) is 0.150. The maximum Gasteiger partial charge on any atom is 0.255 e. The van der Waals surface area contributed by atoms with Gasteiger partial charge in [-0.25, -0.2) is 9.97 Å². The van der Waals surface area contributed by atoms with Crippen molar-refractivity contribution >= 4 is 22.5 Å². The van der Waals surface area contributed by atoms with E-state index in [1.165, 1.54) is 0 Å². The van der Waals surface area contributed by atoms with Crippen LogP contribution in [0.2, 0.25) is 0 Å². The van der Waals surface area contributed by atoms with E-state index in [0.717, 1.165) is 23.1 Å². The Morgan fingerprint density at radius 1 is 1.15 bits per heavy atom. The Hall–Kier alpha value is -3.45. The second-order valence-corrected chi connectivity index (χ2v) is 6.10. The van der Waals surface area contributed by atoms with Crippen molar-refractivity contribution in [1.82, 2.24) is 19.1 Å². The van der Waals surface area contributed by atoms with Crippen LogP contribution in [-0.2, 0) is 11.3 Å². The molecule has 3 heterocycles. The maximum atomic E-state index is 12.6. The molecule has 4 aromatic rings. The number of amides is 1. The number of methoxy groups -OCH3 is 1. The van der Waals surface area contributed by atoms with Crippen molar-refractivity contribution < 1.29 is 9.53 Å². The van der Waals surface area contributed by atoms with Crippen molar-refractivity contribution in [2.75, 3.05) is 19.0 Å². The van der Waals surface area contributed by atoms with Crippen molar-refractivity contribution in [1.29, 1.82) is 0 Å². The Labute approximate surface area is 156 Å². The number of hydrogen-bond acceptors (Lipinski definition) is 4. The minimum atomic E-state index is -0.183. The summed E-state index contributed by atoms with van der Waals surface area (Å²) in [6.45, 7) is 1.45. The number of benzene rings is 1. The molecule has 3 aromatic heterocycles. The van der Waals surface area contributed by atoms with Crippen molar-refractivity contribution in [3.05, 3.63) is 73.1 Å². The molecule has 4 rings (SSSR count). The number of nitrogens with zero attached hydrogens (tertiary/aromatic N) is 4. The van der Waals surface area contributed by atoms with E-state index in [-0.39, 0.29) is 5.91 Å². The monoisotopic (exact) mass is 361 g/mol. The van der Waals surface area contributed by atoms with Gasteiger partial charge >= 0.3 is 0 Å². The normalized spacial score (nSPS) is 11.0. The molecule has 0 aliphatic heterocycles. The lowest BCUT2D eigenvalue weighted by molar-refractivity contribution is 0.102. The fourth-order valence-corrected chi connectivity index (χ4v) is 2.96. The molecule has 1 aromatic carbocycles. The summed E-state index contributed by atoms with van der Waals surface area (Å²) in [5.41, 5.74) is 2.39. The zero-order valence-electron chi connectivity index (χ0n) is 14.9. The van der Waals surface area contributed by atoms with Gasteiger partial charge in [-0.15, -0.1) is 0 Å². The van der Waals surface area contributed by atoms with E-state index in [2.05, 4.69) is 19.9 Å². The van der Waals surface area contributed by atoms with Crippen LogP contribution in [0, 0.1) is 0 Å². The number of aromatic nitrogens is 4. The summed E-state index contributed by atoms with van der Waals surface area (Å²) in [7, 11) is 1.69. The maximum absolute atomic E-state index is 12.6. The first-order valence-electron chi connectivity index (χ1n) is 8.58. The van der Waals surface area contributed by atoms with Crippen molar-refractivity contribution in [2.45, 2.75) is 6.54 Å². The fourth-order valence-electron chi connectivity index (χ4n) is 2.96. The number of fused-ring (bicyclic) bond motifs is 1. The van der Waals surface area contributed by atoms with Gasteiger partial charge in [-0.3, -0.25) is 9.36 Å². The Kier molecular flexibility index (Phi) is 4.67. The lowest BCUT2D eigenvalue weighted by atomic mass is 10.2. The number of hydrogen-bond donors (Lipinski definition) is 1. The zero-order valence-corrected chi connectivity index (χ0v) is 14.9. The SMILES string of the molecule is COCCn1ccc2cc(NC(=O)c3ccnc(-n4ccnc4)c3)ccc21. The van der Waals surface area contributed by atoms with Gasteiger partial charge in [0.2, 0.25) is 0 Å². The van der Waals surface area contributed by atoms with Crippen molar-refractivity contribution in [2.24, 2.45) is 0 Å². The third-order valence-corrected chi connectivity index (χ3v) is 4.34. The van der Waals surface area contributed by atoms with Crippen LogP contribution in [0.15, 0.2) is 67.5 Å². The molecule has 0 spiro atoms. The minimum Gasteiger partial charge on any atom is -0.383 e. The molecule has 1 amide bonds. The first kappa shape index (κ1) is 17.0. The molecule has 0 radical (unpaired) electrons. The molecule has 136 valence electrons. The van der Waals surface area contributed by atoms with E-state index in [1.54, 1.807) is 48.7 Å². The van der Waals surface area contributed by atoms with E-state index in [0.29, 0.717) is 18.0 Å². The molecular weight excluding hydrogens is 342 g/mol. The molecule has 7 nitrogen and oxygen atoms in total. The highest BCUT2D eigenvalue weighted by atomic mass is 16.5. The summed E-state index contributed by atoms with van der Waals surface area (Å²) < 4.78 is 9.02. The molecular formula is C20H19N5O2. The van der Waals surface area contributed by atoms with Crippen molar-refractivity contribution in [3.8, 4) is 5.82 Å². The average molecular weight is 361 g/mol. The lowest BCUT2D eigenvalue weighted by Gasteiger charge is -2.08. The Morgan fingerprint density at radius 2 is 2.07 bits per heavy atom. The third kappa shape index (κ3) is 3.58. The van der Waals surface area contributed by atoms with E-state index in [1.807, 2.05) is 30.5 Å². The summed E-state index contributed by atoms with van der Waals surface area (Å²) in [5, 5.41) is 4.02. The van der Waals surface area contributed by atoms with Gasteiger partial charge in [-0.1, -0.05) is 0 Å².